The quantitative estimate of drug-likeness (QED) is 0.818. The van der Waals surface area contributed by atoms with Gasteiger partial charge in [0, 0.05) is 19.9 Å². The van der Waals surface area contributed by atoms with E-state index in [1.807, 2.05) is 6.92 Å². The molecule has 0 heterocycles. The molecule has 20 heavy (non-hydrogen) atoms. The van der Waals surface area contributed by atoms with Crippen LogP contribution in [0.3, 0.4) is 0 Å². The summed E-state index contributed by atoms with van der Waals surface area (Å²) in [6.07, 6.45) is 1.16. The topological polar surface area (TPSA) is 84.5 Å². The van der Waals surface area contributed by atoms with Gasteiger partial charge in [-0.1, -0.05) is 12.1 Å². The lowest BCUT2D eigenvalue weighted by molar-refractivity contribution is 0.171. The third-order valence-corrected chi connectivity index (χ3v) is 3.73. The van der Waals surface area contributed by atoms with Gasteiger partial charge < -0.3 is 15.4 Å². The van der Waals surface area contributed by atoms with E-state index in [4.69, 9.17) is 4.74 Å². The number of methoxy groups -OCH3 is 1. The Kier molecular flexibility index (Phi) is 5.97. The van der Waals surface area contributed by atoms with Crippen molar-refractivity contribution in [2.24, 2.45) is 0 Å². The number of amides is 2. The second-order valence-corrected chi connectivity index (χ2v) is 6.62. The fourth-order valence-electron chi connectivity index (χ4n) is 1.60. The summed E-state index contributed by atoms with van der Waals surface area (Å²) in [5, 5.41) is 5.41. The first-order valence-electron chi connectivity index (χ1n) is 6.15. The predicted molar refractivity (Wildman–Crippen MR) is 76.3 cm³/mol. The standard InChI is InChI=1S/C13H20N2O4S/c1-10(9-19-2)15-13(16)14-8-11-4-6-12(7-5-11)20(3,17)18/h4-7,10H,8-9H2,1-3H3,(H2,14,15,16). The fourth-order valence-corrected chi connectivity index (χ4v) is 2.23. The van der Waals surface area contributed by atoms with Crippen LogP contribution in [0, 0.1) is 0 Å². The van der Waals surface area contributed by atoms with E-state index in [1.165, 1.54) is 12.1 Å². The Morgan fingerprint density at radius 1 is 1.30 bits per heavy atom. The number of carbonyl (C=O) groups excluding carboxylic acids is 1. The van der Waals surface area contributed by atoms with Gasteiger partial charge in [0.25, 0.3) is 0 Å². The lowest BCUT2D eigenvalue weighted by atomic mass is 10.2. The third-order valence-electron chi connectivity index (χ3n) is 2.60. The Balaban J connectivity index is 2.48. The minimum Gasteiger partial charge on any atom is -0.383 e. The first-order valence-corrected chi connectivity index (χ1v) is 8.04. The minimum absolute atomic E-state index is 0.0763. The van der Waals surface area contributed by atoms with E-state index < -0.39 is 9.84 Å². The summed E-state index contributed by atoms with van der Waals surface area (Å²) in [6, 6.07) is 6.04. The van der Waals surface area contributed by atoms with Crippen molar-refractivity contribution >= 4 is 15.9 Å². The van der Waals surface area contributed by atoms with Crippen LogP contribution in [0.2, 0.25) is 0 Å². The number of urea groups is 1. The van der Waals surface area contributed by atoms with E-state index in [2.05, 4.69) is 10.6 Å². The number of rotatable bonds is 6. The predicted octanol–water partition coefficient (Wildman–Crippen LogP) is 0.924. The van der Waals surface area contributed by atoms with E-state index >= 15 is 0 Å². The maximum atomic E-state index is 11.6. The summed E-state index contributed by atoms with van der Waals surface area (Å²) < 4.78 is 27.5. The summed E-state index contributed by atoms with van der Waals surface area (Å²) in [5.41, 5.74) is 0.826. The summed E-state index contributed by atoms with van der Waals surface area (Å²) in [6.45, 7) is 2.61. The van der Waals surface area contributed by atoms with Gasteiger partial charge in [-0.25, -0.2) is 13.2 Å². The summed E-state index contributed by atoms with van der Waals surface area (Å²) in [4.78, 5) is 11.8. The molecule has 6 nitrogen and oxygen atoms in total. The molecule has 1 rings (SSSR count). The van der Waals surface area contributed by atoms with Crippen LogP contribution in [0.25, 0.3) is 0 Å². The molecule has 0 spiro atoms. The van der Waals surface area contributed by atoms with Gasteiger partial charge in [0.05, 0.1) is 17.5 Å². The van der Waals surface area contributed by atoms with Crippen LogP contribution in [0.15, 0.2) is 29.2 Å². The highest BCUT2D eigenvalue weighted by Gasteiger charge is 2.08. The number of hydrogen-bond donors (Lipinski definition) is 2. The number of ether oxygens (including phenoxy) is 1. The Labute approximate surface area is 119 Å². The molecule has 1 atom stereocenters. The summed E-state index contributed by atoms with van der Waals surface area (Å²) >= 11 is 0. The number of benzene rings is 1. The first-order chi connectivity index (χ1) is 9.32. The second kappa shape index (κ2) is 7.25. The molecule has 0 saturated carbocycles. The summed E-state index contributed by atoms with van der Waals surface area (Å²) in [5.74, 6) is 0. The van der Waals surface area contributed by atoms with Gasteiger partial charge in [0.1, 0.15) is 0 Å². The normalized spacial score (nSPS) is 12.8. The third kappa shape index (κ3) is 5.58. The molecule has 0 aromatic heterocycles. The highest BCUT2D eigenvalue weighted by atomic mass is 32.2. The largest absolute Gasteiger partial charge is 0.383 e. The maximum Gasteiger partial charge on any atom is 0.315 e. The zero-order valence-corrected chi connectivity index (χ0v) is 12.7. The van der Waals surface area contributed by atoms with Crippen molar-refractivity contribution in [2.45, 2.75) is 24.4 Å². The van der Waals surface area contributed by atoms with Gasteiger partial charge in [0.2, 0.25) is 0 Å². The molecule has 1 aromatic rings. The van der Waals surface area contributed by atoms with E-state index in [9.17, 15) is 13.2 Å². The zero-order chi connectivity index (χ0) is 15.2. The van der Waals surface area contributed by atoms with Gasteiger partial charge in [-0.2, -0.15) is 0 Å². The summed E-state index contributed by atoms with van der Waals surface area (Å²) in [7, 11) is -1.62. The molecule has 2 amide bonds. The molecule has 1 unspecified atom stereocenters. The van der Waals surface area contributed by atoms with Crippen LogP contribution in [0.4, 0.5) is 4.79 Å². The van der Waals surface area contributed by atoms with Crippen LogP contribution in [0.1, 0.15) is 12.5 Å². The average molecular weight is 300 g/mol. The van der Waals surface area contributed by atoms with Crippen molar-refractivity contribution in [2.75, 3.05) is 20.0 Å². The number of sulfone groups is 1. The van der Waals surface area contributed by atoms with E-state index in [0.29, 0.717) is 13.2 Å². The van der Waals surface area contributed by atoms with Crippen LogP contribution in [0.5, 0.6) is 0 Å². The molecular weight excluding hydrogens is 280 g/mol. The Hall–Kier alpha value is -1.60. The molecule has 0 aliphatic heterocycles. The van der Waals surface area contributed by atoms with Crippen LogP contribution in [-0.4, -0.2) is 40.5 Å². The average Bonchev–Trinajstić information content (AvgIpc) is 2.36. The fraction of sp³-hybridized carbons (Fsp3) is 0.462. The SMILES string of the molecule is COCC(C)NC(=O)NCc1ccc(S(C)(=O)=O)cc1. The van der Waals surface area contributed by atoms with Crippen LogP contribution < -0.4 is 10.6 Å². The van der Waals surface area contributed by atoms with Crippen LogP contribution in [-0.2, 0) is 21.1 Å². The molecule has 112 valence electrons. The Morgan fingerprint density at radius 2 is 1.90 bits per heavy atom. The number of hydrogen-bond acceptors (Lipinski definition) is 4. The highest BCUT2D eigenvalue weighted by molar-refractivity contribution is 7.90. The lowest BCUT2D eigenvalue weighted by Crippen LogP contribution is -2.42. The Bertz CT molecular complexity index is 540. The molecule has 1 aromatic carbocycles. The van der Waals surface area contributed by atoms with Crippen molar-refractivity contribution in [1.29, 1.82) is 0 Å². The van der Waals surface area contributed by atoms with Gasteiger partial charge >= 0.3 is 6.03 Å². The molecular formula is C13H20N2O4S. The van der Waals surface area contributed by atoms with Gasteiger partial charge in [0.15, 0.2) is 9.84 Å². The van der Waals surface area contributed by atoms with Gasteiger partial charge in [-0.05, 0) is 24.6 Å². The van der Waals surface area contributed by atoms with Crippen LogP contribution >= 0.6 is 0 Å². The molecule has 0 fully saturated rings. The zero-order valence-electron chi connectivity index (χ0n) is 11.8. The molecule has 0 bridgehead atoms. The lowest BCUT2D eigenvalue weighted by Gasteiger charge is -2.13. The van der Waals surface area contributed by atoms with Crippen molar-refractivity contribution in [3.63, 3.8) is 0 Å². The van der Waals surface area contributed by atoms with E-state index in [0.717, 1.165) is 11.8 Å². The van der Waals surface area contributed by atoms with Crippen molar-refractivity contribution < 1.29 is 17.9 Å². The molecule has 0 saturated heterocycles. The maximum absolute atomic E-state index is 11.6. The van der Waals surface area contributed by atoms with E-state index in [-0.39, 0.29) is 17.0 Å². The number of nitrogens with one attached hydrogen (secondary N) is 2. The number of carbonyl (C=O) groups is 1. The molecule has 2 N–H and O–H groups in total. The van der Waals surface area contributed by atoms with Crippen molar-refractivity contribution in [1.82, 2.24) is 10.6 Å². The second-order valence-electron chi connectivity index (χ2n) is 4.60. The first kappa shape index (κ1) is 16.5. The molecule has 0 aliphatic carbocycles. The van der Waals surface area contributed by atoms with Crippen molar-refractivity contribution in [3.8, 4) is 0 Å². The van der Waals surface area contributed by atoms with Gasteiger partial charge in [-0.3, -0.25) is 0 Å². The van der Waals surface area contributed by atoms with E-state index in [1.54, 1.807) is 19.2 Å². The molecule has 0 aliphatic rings. The molecule has 0 radical (unpaired) electrons. The minimum atomic E-state index is -3.19. The van der Waals surface area contributed by atoms with Crippen molar-refractivity contribution in [3.05, 3.63) is 29.8 Å². The smallest absolute Gasteiger partial charge is 0.315 e. The molecule has 7 heteroatoms. The monoisotopic (exact) mass is 300 g/mol. The van der Waals surface area contributed by atoms with Gasteiger partial charge in [-0.15, -0.1) is 0 Å². The highest BCUT2D eigenvalue weighted by Crippen LogP contribution is 2.10. The Morgan fingerprint density at radius 3 is 2.40 bits per heavy atom.